The normalized spacial score (nSPS) is 26.4. The topological polar surface area (TPSA) is 99.2 Å². The highest BCUT2D eigenvalue weighted by molar-refractivity contribution is 7.92. The fourth-order valence-electron chi connectivity index (χ4n) is 8.57. The summed E-state index contributed by atoms with van der Waals surface area (Å²) in [6.45, 7) is 17.6. The van der Waals surface area contributed by atoms with E-state index in [1.807, 2.05) is 32.9 Å². The van der Waals surface area contributed by atoms with Crippen LogP contribution in [0.2, 0.25) is 0 Å². The van der Waals surface area contributed by atoms with Gasteiger partial charge in [-0.25, -0.2) is 8.42 Å². The van der Waals surface area contributed by atoms with Crippen LogP contribution in [0, 0.1) is 49.4 Å². The molecule has 2 aromatic carbocycles. The van der Waals surface area contributed by atoms with Crippen molar-refractivity contribution < 1.29 is 32.2 Å². The number of ether oxygens (including phenoxy) is 3. The monoisotopic (exact) mass is 653 g/mol. The van der Waals surface area contributed by atoms with Gasteiger partial charge in [-0.15, -0.1) is 0 Å². The van der Waals surface area contributed by atoms with E-state index in [4.69, 9.17) is 14.2 Å². The zero-order valence-electron chi connectivity index (χ0n) is 28.7. The lowest BCUT2D eigenvalue weighted by Crippen LogP contribution is -2.54. The average Bonchev–Trinajstić information content (AvgIpc) is 3.62. The number of anilines is 1. The molecule has 3 fully saturated rings. The molecule has 46 heavy (non-hydrogen) atoms. The number of fused-ring (bicyclic) bond motifs is 2. The molecule has 9 heteroatoms. The number of rotatable bonds is 12. The van der Waals surface area contributed by atoms with Gasteiger partial charge in [0.25, 0.3) is 10.0 Å². The Kier molecular flexibility index (Phi) is 9.80. The molecule has 2 saturated carbocycles. The van der Waals surface area contributed by atoms with Crippen molar-refractivity contribution in [1.82, 2.24) is 0 Å². The summed E-state index contributed by atoms with van der Waals surface area (Å²) < 4.78 is 48.8. The van der Waals surface area contributed by atoms with Crippen LogP contribution in [0.3, 0.4) is 0 Å². The molecule has 0 spiro atoms. The summed E-state index contributed by atoms with van der Waals surface area (Å²) in [6.07, 6.45) is 0.977. The molecular weight excluding hydrogens is 602 g/mol. The first-order valence-corrected chi connectivity index (χ1v) is 18.2. The van der Waals surface area contributed by atoms with Crippen molar-refractivity contribution >= 4 is 27.5 Å². The molecule has 1 heterocycles. The smallest absolute Gasteiger partial charge is 0.313 e. The van der Waals surface area contributed by atoms with Crippen LogP contribution in [0.15, 0.2) is 47.4 Å². The summed E-state index contributed by atoms with van der Waals surface area (Å²) in [5, 5.41) is 0. The lowest BCUT2D eigenvalue weighted by molar-refractivity contribution is -0.159. The molecular formula is C37H51NO7S. The number of sulfonamides is 1. The number of ketones is 1. The van der Waals surface area contributed by atoms with Gasteiger partial charge < -0.3 is 14.2 Å². The molecule has 2 aliphatic carbocycles. The van der Waals surface area contributed by atoms with Gasteiger partial charge in [-0.05, 0) is 80.5 Å². The molecule has 0 N–H and O–H groups in total. The van der Waals surface area contributed by atoms with Gasteiger partial charge in [0.2, 0.25) is 0 Å². The molecule has 3 aliphatic rings. The summed E-state index contributed by atoms with van der Waals surface area (Å²) in [7, 11) is -4.07. The fourth-order valence-corrected chi connectivity index (χ4v) is 10.4. The van der Waals surface area contributed by atoms with Crippen LogP contribution in [0.5, 0.6) is 0 Å². The number of Topliss-reactive ketones (excluding diaryl/α,β-unsaturated/α-hetero) is 1. The van der Waals surface area contributed by atoms with Crippen LogP contribution in [0.1, 0.15) is 83.4 Å². The van der Waals surface area contributed by atoms with Gasteiger partial charge in [-0.3, -0.25) is 13.9 Å². The Morgan fingerprint density at radius 3 is 2.20 bits per heavy atom. The Morgan fingerprint density at radius 2 is 1.61 bits per heavy atom. The summed E-state index contributed by atoms with van der Waals surface area (Å²) >= 11 is 0. The maximum absolute atomic E-state index is 14.7. The van der Waals surface area contributed by atoms with Crippen molar-refractivity contribution in [3.8, 4) is 0 Å². The minimum absolute atomic E-state index is 0.0508. The highest BCUT2D eigenvalue weighted by Crippen LogP contribution is 2.68. The van der Waals surface area contributed by atoms with Crippen molar-refractivity contribution in [3.63, 3.8) is 0 Å². The molecule has 5 atom stereocenters. The highest BCUT2D eigenvalue weighted by Gasteiger charge is 2.70. The molecule has 1 aliphatic heterocycles. The molecule has 252 valence electrons. The number of aryl methyl sites for hydroxylation is 3. The fraction of sp³-hybridized carbons (Fsp3) is 0.622. The number of hydrogen-bond acceptors (Lipinski definition) is 7. The van der Waals surface area contributed by atoms with Gasteiger partial charge in [0.15, 0.2) is 6.29 Å². The second-order valence-corrected chi connectivity index (χ2v) is 16.6. The Morgan fingerprint density at radius 1 is 1.00 bits per heavy atom. The SMILES string of the molecule is Cc1cc(C)c(N([C@H]2[C@H]3CC[C@@](C)([C@H]2OC(=O)CC(=O)CCC(C(C)C)C2OCCO2)C3(C)C)S(=O)(=O)c2ccccc2)c(C)c1. The first-order valence-electron chi connectivity index (χ1n) is 16.7. The maximum Gasteiger partial charge on any atom is 0.313 e. The number of carbonyl (C=O) groups is 2. The molecule has 0 amide bonds. The highest BCUT2D eigenvalue weighted by atomic mass is 32.2. The van der Waals surface area contributed by atoms with E-state index in [0.717, 1.165) is 29.5 Å². The summed E-state index contributed by atoms with van der Waals surface area (Å²) in [5.74, 6) is -0.561. The van der Waals surface area contributed by atoms with Crippen LogP contribution in [-0.2, 0) is 33.8 Å². The number of hydrogen-bond donors (Lipinski definition) is 0. The van der Waals surface area contributed by atoms with Crippen LogP contribution in [0.4, 0.5) is 5.69 Å². The Labute approximate surface area is 275 Å². The van der Waals surface area contributed by atoms with E-state index in [2.05, 4.69) is 34.6 Å². The van der Waals surface area contributed by atoms with Gasteiger partial charge in [0.05, 0.1) is 29.8 Å². The maximum atomic E-state index is 14.7. The van der Waals surface area contributed by atoms with Crippen molar-refractivity contribution in [3.05, 3.63) is 59.2 Å². The van der Waals surface area contributed by atoms with E-state index in [0.29, 0.717) is 25.3 Å². The Bertz CT molecular complexity index is 1520. The van der Waals surface area contributed by atoms with Crippen LogP contribution < -0.4 is 4.31 Å². The molecule has 2 aromatic rings. The third kappa shape index (κ3) is 6.15. The third-order valence-corrected chi connectivity index (χ3v) is 13.2. The lowest BCUT2D eigenvalue weighted by atomic mass is 9.70. The molecule has 1 unspecified atom stereocenters. The second kappa shape index (κ2) is 13.0. The van der Waals surface area contributed by atoms with Crippen molar-refractivity contribution in [2.75, 3.05) is 17.5 Å². The summed E-state index contributed by atoms with van der Waals surface area (Å²) in [5.41, 5.74) is 2.55. The predicted octanol–water partition coefficient (Wildman–Crippen LogP) is 6.93. The first kappa shape index (κ1) is 34.6. The van der Waals surface area contributed by atoms with E-state index in [9.17, 15) is 18.0 Å². The van der Waals surface area contributed by atoms with E-state index < -0.39 is 33.6 Å². The van der Waals surface area contributed by atoms with Crippen molar-refractivity contribution in [2.24, 2.45) is 28.6 Å². The van der Waals surface area contributed by atoms with Crippen LogP contribution in [0.25, 0.3) is 0 Å². The van der Waals surface area contributed by atoms with E-state index in [1.165, 1.54) is 0 Å². The van der Waals surface area contributed by atoms with Crippen LogP contribution in [-0.4, -0.2) is 51.8 Å². The summed E-state index contributed by atoms with van der Waals surface area (Å²) in [6, 6.07) is 11.9. The standard InChI is InChI=1S/C37H51NO7S/c1-23(2)29(35-43-18-19-44-35)15-14-27(39)22-31(40)45-34-33(30-16-17-37(34,8)36(30,6)7)38(32-25(4)20-24(3)21-26(32)5)46(41,42)28-12-10-9-11-13-28/h9-13,20-21,23,29-30,33-35H,14-19,22H2,1-8H3/t29?,30-,33+,34+,37+/m1/s1. The Hall–Kier alpha value is -2.75. The first-order chi connectivity index (χ1) is 21.6. The molecule has 1 saturated heterocycles. The van der Waals surface area contributed by atoms with Crippen molar-refractivity contribution in [2.45, 2.75) is 111 Å². The number of esters is 1. The largest absolute Gasteiger partial charge is 0.459 e. The van der Waals surface area contributed by atoms with Crippen molar-refractivity contribution in [1.29, 1.82) is 0 Å². The average molecular weight is 654 g/mol. The van der Waals surface area contributed by atoms with E-state index in [1.54, 1.807) is 34.6 Å². The zero-order chi connectivity index (χ0) is 33.6. The number of benzene rings is 2. The van der Waals surface area contributed by atoms with Gasteiger partial charge >= 0.3 is 5.97 Å². The molecule has 0 aromatic heterocycles. The number of nitrogens with zero attached hydrogens (tertiary/aromatic N) is 1. The van der Waals surface area contributed by atoms with Gasteiger partial charge in [-0.2, -0.15) is 0 Å². The minimum atomic E-state index is -4.07. The quantitative estimate of drug-likeness (QED) is 0.181. The third-order valence-electron chi connectivity index (χ3n) is 11.4. The molecule has 0 radical (unpaired) electrons. The summed E-state index contributed by atoms with van der Waals surface area (Å²) in [4.78, 5) is 27.0. The zero-order valence-corrected chi connectivity index (χ0v) is 29.5. The van der Waals surface area contributed by atoms with Gasteiger partial charge in [0, 0.05) is 17.8 Å². The molecule has 2 bridgehead atoms. The Balaban J connectivity index is 1.47. The van der Waals surface area contributed by atoms with E-state index in [-0.39, 0.29) is 53.0 Å². The predicted molar refractivity (Wildman–Crippen MR) is 178 cm³/mol. The lowest BCUT2D eigenvalue weighted by Gasteiger charge is -2.43. The second-order valence-electron chi connectivity index (χ2n) is 14.8. The molecule has 5 rings (SSSR count). The molecule has 8 nitrogen and oxygen atoms in total. The van der Waals surface area contributed by atoms with Crippen LogP contribution >= 0.6 is 0 Å². The van der Waals surface area contributed by atoms with E-state index >= 15 is 0 Å². The van der Waals surface area contributed by atoms with Gasteiger partial charge in [0.1, 0.15) is 18.3 Å². The number of carbonyl (C=O) groups excluding carboxylic acids is 2. The van der Waals surface area contributed by atoms with Gasteiger partial charge in [-0.1, -0.05) is 70.5 Å². The minimum Gasteiger partial charge on any atom is -0.459 e.